The molecule has 4 heterocycles. The number of aliphatic hydroxyl groups is 1. The van der Waals surface area contributed by atoms with Crippen LogP contribution in [-0.4, -0.2) is 36.5 Å². The summed E-state index contributed by atoms with van der Waals surface area (Å²) in [6, 6.07) is 28.2. The molecule has 8 heteroatoms. The van der Waals surface area contributed by atoms with Crippen molar-refractivity contribution in [2.24, 2.45) is 0 Å². The van der Waals surface area contributed by atoms with Gasteiger partial charge in [0, 0.05) is 46.2 Å². The van der Waals surface area contributed by atoms with Gasteiger partial charge in [0.15, 0.2) is 0 Å². The van der Waals surface area contributed by atoms with Crippen molar-refractivity contribution in [2.75, 3.05) is 5.32 Å². The van der Waals surface area contributed by atoms with Crippen molar-refractivity contribution in [3.63, 3.8) is 0 Å². The van der Waals surface area contributed by atoms with E-state index >= 15 is 0 Å². The van der Waals surface area contributed by atoms with Crippen molar-refractivity contribution in [1.82, 2.24) is 25.1 Å². The average Bonchev–Trinajstić information content (AvgIpc) is 3.62. The Kier molecular flexibility index (Phi) is 6.22. The van der Waals surface area contributed by atoms with Crippen LogP contribution in [0.2, 0.25) is 0 Å². The van der Waals surface area contributed by atoms with Crippen molar-refractivity contribution in [3.8, 4) is 33.8 Å². The van der Waals surface area contributed by atoms with Crippen LogP contribution >= 0.6 is 0 Å². The minimum Gasteiger partial charge on any atom is -0.373 e. The number of aromatic amines is 2. The Morgan fingerprint density at radius 2 is 1.59 bits per heavy atom. The van der Waals surface area contributed by atoms with E-state index in [0.29, 0.717) is 6.42 Å². The molecule has 0 bridgehead atoms. The predicted octanol–water partition coefficient (Wildman–Crippen LogP) is 6.95. The first kappa shape index (κ1) is 24.7. The Morgan fingerprint density at radius 3 is 2.44 bits per heavy atom. The Labute approximate surface area is 234 Å². The van der Waals surface area contributed by atoms with Gasteiger partial charge >= 0.3 is 0 Å². The second kappa shape index (κ2) is 10.3. The number of benzene rings is 3. The molecule has 3 aromatic carbocycles. The largest absolute Gasteiger partial charge is 0.373 e. The molecule has 4 N–H and O–H groups in total. The Morgan fingerprint density at radius 1 is 0.780 bits per heavy atom. The number of hydrogen-bond acceptors (Lipinski definition) is 5. The SMILES string of the molecule is OC(Cc1ccccc1)Nc1cncc(-c2ccc3[nH]nc(-c4cc5c(-c6ccc(F)cc6)nccc5[nH]4)c3c2)c1. The number of aliphatic hydroxyl groups excluding tert-OH is 1. The van der Waals surface area contributed by atoms with Gasteiger partial charge in [-0.3, -0.25) is 15.1 Å². The summed E-state index contributed by atoms with van der Waals surface area (Å²) >= 11 is 0. The van der Waals surface area contributed by atoms with Crippen molar-refractivity contribution in [1.29, 1.82) is 0 Å². The number of hydrogen-bond donors (Lipinski definition) is 4. The number of halogens is 1. The molecule has 7 nitrogen and oxygen atoms in total. The highest BCUT2D eigenvalue weighted by Crippen LogP contribution is 2.34. The standard InChI is InChI=1S/C33H25FN6O/c34-24-9-6-21(7-10-24)32-27-17-30(38-28(27)12-13-36-32)33-26-16-22(8-11-29(26)39-40-33)23-15-25(19-35-18-23)37-31(41)14-20-4-2-1-3-5-20/h1-13,15-19,31,37-38,41H,14H2,(H,39,40). The van der Waals surface area contributed by atoms with Crippen LogP contribution in [0.15, 0.2) is 110 Å². The molecule has 41 heavy (non-hydrogen) atoms. The predicted molar refractivity (Wildman–Crippen MR) is 160 cm³/mol. The molecule has 0 aliphatic heterocycles. The minimum absolute atomic E-state index is 0.283. The van der Waals surface area contributed by atoms with Crippen LogP contribution in [-0.2, 0) is 6.42 Å². The third-order valence-electron chi connectivity index (χ3n) is 7.16. The summed E-state index contributed by atoms with van der Waals surface area (Å²) in [6.07, 6.45) is 5.00. The van der Waals surface area contributed by atoms with E-state index in [1.807, 2.05) is 60.7 Å². The Bertz CT molecular complexity index is 1980. The Hall–Kier alpha value is -5.34. The number of pyridine rings is 2. The van der Waals surface area contributed by atoms with Gasteiger partial charge < -0.3 is 15.4 Å². The molecule has 4 aromatic heterocycles. The second-order valence-electron chi connectivity index (χ2n) is 9.96. The molecule has 0 saturated heterocycles. The maximum absolute atomic E-state index is 13.5. The molecule has 7 rings (SSSR count). The van der Waals surface area contributed by atoms with Gasteiger partial charge in [0.1, 0.15) is 17.7 Å². The summed E-state index contributed by atoms with van der Waals surface area (Å²) in [7, 11) is 0. The molecule has 0 fully saturated rings. The van der Waals surface area contributed by atoms with E-state index in [4.69, 9.17) is 0 Å². The normalized spacial score (nSPS) is 12.1. The lowest BCUT2D eigenvalue weighted by Gasteiger charge is -2.15. The van der Waals surface area contributed by atoms with E-state index in [1.165, 1.54) is 12.1 Å². The highest BCUT2D eigenvalue weighted by Gasteiger charge is 2.15. The maximum atomic E-state index is 13.5. The van der Waals surface area contributed by atoms with E-state index in [2.05, 4.69) is 36.5 Å². The molecule has 0 aliphatic rings. The first-order valence-electron chi connectivity index (χ1n) is 13.3. The lowest BCUT2D eigenvalue weighted by atomic mass is 10.0. The smallest absolute Gasteiger partial charge is 0.128 e. The lowest BCUT2D eigenvalue weighted by molar-refractivity contribution is 0.204. The van der Waals surface area contributed by atoms with E-state index in [0.717, 1.165) is 66.8 Å². The van der Waals surface area contributed by atoms with Crippen LogP contribution in [0.4, 0.5) is 10.1 Å². The zero-order chi connectivity index (χ0) is 27.8. The molecule has 0 aliphatic carbocycles. The third-order valence-corrected chi connectivity index (χ3v) is 7.16. The van der Waals surface area contributed by atoms with Crippen molar-refractivity contribution in [3.05, 3.63) is 121 Å². The van der Waals surface area contributed by atoms with Crippen LogP contribution in [0.1, 0.15) is 5.56 Å². The number of fused-ring (bicyclic) bond motifs is 2. The molecule has 7 aromatic rings. The number of anilines is 1. The molecule has 0 saturated carbocycles. The third kappa shape index (κ3) is 4.92. The summed E-state index contributed by atoms with van der Waals surface area (Å²) in [5.41, 5.74) is 8.72. The molecular weight excluding hydrogens is 515 g/mol. The highest BCUT2D eigenvalue weighted by atomic mass is 19.1. The molecule has 0 amide bonds. The van der Waals surface area contributed by atoms with Crippen molar-refractivity contribution < 1.29 is 9.50 Å². The van der Waals surface area contributed by atoms with Gasteiger partial charge in [-0.15, -0.1) is 0 Å². The first-order valence-corrected chi connectivity index (χ1v) is 13.3. The molecule has 0 spiro atoms. The fourth-order valence-electron chi connectivity index (χ4n) is 5.18. The fourth-order valence-corrected chi connectivity index (χ4v) is 5.18. The lowest BCUT2D eigenvalue weighted by Crippen LogP contribution is -2.21. The number of rotatable bonds is 7. The summed E-state index contributed by atoms with van der Waals surface area (Å²) in [6.45, 7) is 0. The molecule has 1 atom stereocenters. The van der Waals surface area contributed by atoms with Gasteiger partial charge in [-0.05, 0) is 65.7 Å². The number of nitrogens with one attached hydrogen (secondary N) is 3. The summed E-state index contributed by atoms with van der Waals surface area (Å²) in [5.74, 6) is -0.283. The molecular formula is C33H25FN6O. The molecule has 200 valence electrons. The maximum Gasteiger partial charge on any atom is 0.128 e. The number of aromatic nitrogens is 5. The van der Waals surface area contributed by atoms with Crippen molar-refractivity contribution >= 4 is 27.5 Å². The first-order chi connectivity index (χ1) is 20.1. The van der Waals surface area contributed by atoms with Gasteiger partial charge in [0.25, 0.3) is 0 Å². The van der Waals surface area contributed by atoms with E-state index in [9.17, 15) is 9.50 Å². The average molecular weight is 541 g/mol. The van der Waals surface area contributed by atoms with Crippen LogP contribution in [0.5, 0.6) is 0 Å². The zero-order valence-corrected chi connectivity index (χ0v) is 21.8. The molecule has 1 unspecified atom stereocenters. The fraction of sp³-hybridized carbons (Fsp3) is 0.0606. The van der Waals surface area contributed by atoms with E-state index in [-0.39, 0.29) is 5.82 Å². The van der Waals surface area contributed by atoms with E-state index < -0.39 is 6.23 Å². The zero-order valence-electron chi connectivity index (χ0n) is 21.8. The van der Waals surface area contributed by atoms with Crippen LogP contribution in [0.3, 0.4) is 0 Å². The minimum atomic E-state index is -0.742. The summed E-state index contributed by atoms with van der Waals surface area (Å²) < 4.78 is 13.5. The van der Waals surface area contributed by atoms with Gasteiger partial charge in [0.2, 0.25) is 0 Å². The monoisotopic (exact) mass is 540 g/mol. The van der Waals surface area contributed by atoms with Crippen LogP contribution < -0.4 is 5.32 Å². The topological polar surface area (TPSA) is 103 Å². The second-order valence-corrected chi connectivity index (χ2v) is 9.96. The Balaban J connectivity index is 1.20. The van der Waals surface area contributed by atoms with Gasteiger partial charge in [0.05, 0.1) is 28.8 Å². The quantitative estimate of drug-likeness (QED) is 0.164. The van der Waals surface area contributed by atoms with Gasteiger partial charge in [-0.2, -0.15) is 5.10 Å². The highest BCUT2D eigenvalue weighted by molar-refractivity contribution is 6.00. The van der Waals surface area contributed by atoms with Crippen LogP contribution in [0.25, 0.3) is 55.6 Å². The number of nitrogens with zero attached hydrogens (tertiary/aromatic N) is 3. The van der Waals surface area contributed by atoms with E-state index in [1.54, 1.807) is 30.7 Å². The summed E-state index contributed by atoms with van der Waals surface area (Å²) in [5, 5.41) is 23.4. The van der Waals surface area contributed by atoms with Gasteiger partial charge in [-0.1, -0.05) is 36.4 Å². The number of H-pyrrole nitrogens is 2. The molecule has 0 radical (unpaired) electrons. The summed E-state index contributed by atoms with van der Waals surface area (Å²) in [4.78, 5) is 12.5. The van der Waals surface area contributed by atoms with Gasteiger partial charge in [-0.25, -0.2) is 4.39 Å². The van der Waals surface area contributed by atoms with Crippen LogP contribution in [0, 0.1) is 5.82 Å². The van der Waals surface area contributed by atoms with Crippen molar-refractivity contribution in [2.45, 2.75) is 12.6 Å².